The average molecular weight is 526 g/mol. The third kappa shape index (κ3) is 2.74. The first-order valence-corrected chi connectivity index (χ1v) is 11.8. The van der Waals surface area contributed by atoms with Crippen LogP contribution in [0.1, 0.15) is 24.1 Å². The number of carbonyl (C=O) groups is 2. The number of fused-ring (bicyclic) bond motifs is 7. The monoisotopic (exact) mass is 525 g/mol. The maximum Gasteiger partial charge on any atom is 0.317 e. The van der Waals surface area contributed by atoms with Gasteiger partial charge in [0.15, 0.2) is 4.80 Å². The zero-order valence-electron chi connectivity index (χ0n) is 17.4. The number of thiazole rings is 1. The molecular weight excluding hydrogens is 510 g/mol. The Morgan fingerprint density at radius 1 is 1.27 bits per heavy atom. The number of rotatable bonds is 1. The molecule has 0 aliphatic carbocycles. The fourth-order valence-corrected chi connectivity index (χ4v) is 6.40. The summed E-state index contributed by atoms with van der Waals surface area (Å²) in [5.41, 5.74) is 0.622. The lowest BCUT2D eigenvalue weighted by Gasteiger charge is -2.44. The highest BCUT2D eigenvalue weighted by Crippen LogP contribution is 2.47. The van der Waals surface area contributed by atoms with E-state index < -0.39 is 23.7 Å². The van der Waals surface area contributed by atoms with Crippen LogP contribution in [-0.2, 0) is 14.3 Å². The van der Waals surface area contributed by atoms with Crippen LogP contribution in [0.2, 0.25) is 0 Å². The summed E-state index contributed by atoms with van der Waals surface area (Å²) >= 11 is 4.56. The molecule has 2 aromatic carbocycles. The molecule has 0 spiro atoms. The molecule has 8 nitrogen and oxygen atoms in total. The number of anilines is 1. The lowest BCUT2D eigenvalue weighted by molar-refractivity contribution is -0.158. The van der Waals surface area contributed by atoms with Crippen LogP contribution in [0.3, 0.4) is 0 Å². The van der Waals surface area contributed by atoms with E-state index in [1.165, 1.54) is 11.7 Å². The maximum absolute atomic E-state index is 13.8. The van der Waals surface area contributed by atoms with Crippen LogP contribution in [0, 0.1) is 5.92 Å². The van der Waals surface area contributed by atoms with E-state index in [1.54, 1.807) is 25.1 Å². The van der Waals surface area contributed by atoms with Crippen LogP contribution in [0.4, 0.5) is 5.69 Å². The lowest BCUT2D eigenvalue weighted by Crippen LogP contribution is -2.58. The number of nitrogens with one attached hydrogen (secondary N) is 1. The van der Waals surface area contributed by atoms with Crippen LogP contribution in [0.25, 0.3) is 5.57 Å². The molecule has 0 saturated carbocycles. The van der Waals surface area contributed by atoms with Gasteiger partial charge in [-0.15, -0.1) is 0 Å². The van der Waals surface area contributed by atoms with Gasteiger partial charge in [0.2, 0.25) is 5.72 Å². The molecule has 3 aromatic rings. The van der Waals surface area contributed by atoms with E-state index in [0.717, 1.165) is 15.8 Å². The van der Waals surface area contributed by atoms with Crippen molar-refractivity contribution in [2.75, 3.05) is 12.4 Å². The lowest BCUT2D eigenvalue weighted by atomic mass is 9.81. The van der Waals surface area contributed by atoms with Crippen LogP contribution >= 0.6 is 27.3 Å². The van der Waals surface area contributed by atoms with Crippen LogP contribution < -0.4 is 24.9 Å². The molecule has 4 heterocycles. The number of benzene rings is 2. The number of methoxy groups -OCH3 is 1. The highest BCUT2D eigenvalue weighted by molar-refractivity contribution is 9.10. The molecule has 3 atom stereocenters. The minimum atomic E-state index is -1.26. The zero-order chi connectivity index (χ0) is 23.1. The molecule has 3 unspecified atom stereocenters. The van der Waals surface area contributed by atoms with Crippen molar-refractivity contribution >= 4 is 50.4 Å². The molecule has 166 valence electrons. The standard InChI is InChI=1S/C23H16BrN3O5S/c1-23-16(21(30)31-2)17(11-5-3-4-6-14(11)32-23)27-20(29)18(33-22(27)26-23)15-12-9-10(24)7-8-13(12)25-19(15)28/h3-9,16-17H,1-2H3,(H,25,28)/b18-15+. The van der Waals surface area contributed by atoms with Gasteiger partial charge in [-0.3, -0.25) is 19.0 Å². The predicted octanol–water partition coefficient (Wildman–Crippen LogP) is 1.94. The van der Waals surface area contributed by atoms with Crippen LogP contribution in [0.5, 0.6) is 5.75 Å². The number of aromatic nitrogens is 1. The number of ether oxygens (including phenoxy) is 2. The van der Waals surface area contributed by atoms with Crippen molar-refractivity contribution in [3.63, 3.8) is 0 Å². The third-order valence-corrected chi connectivity index (χ3v) is 7.81. The molecule has 2 bridgehead atoms. The summed E-state index contributed by atoms with van der Waals surface area (Å²) in [7, 11) is 1.30. The number of para-hydroxylation sites is 1. The van der Waals surface area contributed by atoms with E-state index in [9.17, 15) is 14.4 Å². The molecule has 3 aliphatic heterocycles. The fourth-order valence-electron chi connectivity index (χ4n) is 4.85. The summed E-state index contributed by atoms with van der Waals surface area (Å²) in [6.45, 7) is 1.72. The Labute approximate surface area is 199 Å². The quantitative estimate of drug-likeness (QED) is 0.489. The molecule has 3 aliphatic rings. The Balaban J connectivity index is 1.71. The summed E-state index contributed by atoms with van der Waals surface area (Å²) < 4.78 is 13.8. The number of halogens is 1. The molecule has 6 rings (SSSR count). The van der Waals surface area contributed by atoms with E-state index in [0.29, 0.717) is 32.9 Å². The Kier molecular flexibility index (Phi) is 4.25. The number of carbonyl (C=O) groups excluding carboxylic acids is 2. The van der Waals surface area contributed by atoms with Crippen molar-refractivity contribution in [3.8, 4) is 5.75 Å². The largest absolute Gasteiger partial charge is 0.469 e. The minimum Gasteiger partial charge on any atom is -0.469 e. The van der Waals surface area contributed by atoms with E-state index in [-0.39, 0.29) is 16.0 Å². The fraction of sp³-hybridized carbons (Fsp3) is 0.217. The smallest absolute Gasteiger partial charge is 0.317 e. The van der Waals surface area contributed by atoms with E-state index in [4.69, 9.17) is 14.5 Å². The summed E-state index contributed by atoms with van der Waals surface area (Å²) in [6.07, 6.45) is 0. The first-order chi connectivity index (χ1) is 15.8. The van der Waals surface area contributed by atoms with Gasteiger partial charge in [0.1, 0.15) is 16.2 Å². The summed E-state index contributed by atoms with van der Waals surface area (Å²) in [4.78, 5) is 44.7. The summed E-state index contributed by atoms with van der Waals surface area (Å²) in [5.74, 6) is -1.19. The average Bonchev–Trinajstić information content (AvgIpc) is 3.26. The second kappa shape index (κ2) is 6.88. The van der Waals surface area contributed by atoms with E-state index in [2.05, 4.69) is 21.2 Å². The molecule has 1 amide bonds. The number of nitrogens with zero attached hydrogens (tertiary/aromatic N) is 2. The normalized spacial score (nSPS) is 25.7. The number of hydrogen-bond acceptors (Lipinski definition) is 7. The first kappa shape index (κ1) is 20.4. The molecule has 0 saturated heterocycles. The van der Waals surface area contributed by atoms with Crippen LogP contribution in [0.15, 0.2) is 56.7 Å². The Morgan fingerprint density at radius 3 is 2.85 bits per heavy atom. The van der Waals surface area contributed by atoms with Gasteiger partial charge < -0.3 is 14.8 Å². The molecular formula is C23H16BrN3O5S. The predicted molar refractivity (Wildman–Crippen MR) is 124 cm³/mol. The number of amides is 1. The van der Waals surface area contributed by atoms with Gasteiger partial charge in [-0.25, -0.2) is 4.99 Å². The van der Waals surface area contributed by atoms with Crippen molar-refractivity contribution in [1.82, 2.24) is 4.57 Å². The molecule has 0 fully saturated rings. The zero-order valence-corrected chi connectivity index (χ0v) is 19.8. The van der Waals surface area contributed by atoms with Crippen molar-refractivity contribution in [1.29, 1.82) is 0 Å². The van der Waals surface area contributed by atoms with Gasteiger partial charge in [0, 0.05) is 21.3 Å². The minimum absolute atomic E-state index is 0.264. The molecule has 33 heavy (non-hydrogen) atoms. The van der Waals surface area contributed by atoms with Gasteiger partial charge >= 0.3 is 5.97 Å². The summed E-state index contributed by atoms with van der Waals surface area (Å²) in [5, 5.41) is 2.82. The van der Waals surface area contributed by atoms with Gasteiger partial charge in [-0.05, 0) is 31.2 Å². The highest BCUT2D eigenvalue weighted by atomic mass is 79.9. The Hall–Kier alpha value is -3.24. The van der Waals surface area contributed by atoms with Crippen molar-refractivity contribution in [2.24, 2.45) is 10.9 Å². The number of hydrogen-bond donors (Lipinski definition) is 1. The molecule has 10 heteroatoms. The van der Waals surface area contributed by atoms with E-state index >= 15 is 0 Å². The van der Waals surface area contributed by atoms with Gasteiger partial charge in [-0.1, -0.05) is 45.5 Å². The second-order valence-electron chi connectivity index (χ2n) is 8.16. The highest BCUT2D eigenvalue weighted by Gasteiger charge is 2.55. The molecule has 1 N–H and O–H groups in total. The van der Waals surface area contributed by atoms with Gasteiger partial charge in [-0.2, -0.15) is 0 Å². The molecule has 0 radical (unpaired) electrons. The first-order valence-electron chi connectivity index (χ1n) is 10.1. The van der Waals surface area contributed by atoms with Crippen molar-refractivity contribution < 1.29 is 19.1 Å². The third-order valence-electron chi connectivity index (χ3n) is 6.26. The van der Waals surface area contributed by atoms with Crippen molar-refractivity contribution in [2.45, 2.75) is 18.7 Å². The van der Waals surface area contributed by atoms with Gasteiger partial charge in [0.05, 0.1) is 18.7 Å². The SMILES string of the molecule is COC(=O)C1C2c3ccccc3OC1(C)N=c1s/c(=C3/C(=O)Nc4ccc(Br)cc43)c(=O)n12. The maximum atomic E-state index is 13.8. The van der Waals surface area contributed by atoms with Crippen LogP contribution in [-0.4, -0.2) is 29.3 Å². The topological polar surface area (TPSA) is 99.0 Å². The second-order valence-corrected chi connectivity index (χ2v) is 10.1. The number of esters is 1. The van der Waals surface area contributed by atoms with Crippen molar-refractivity contribution in [3.05, 3.63) is 77.8 Å². The molecule has 1 aromatic heterocycles. The van der Waals surface area contributed by atoms with E-state index in [1.807, 2.05) is 24.3 Å². The Bertz CT molecular complexity index is 1580. The summed E-state index contributed by atoms with van der Waals surface area (Å²) in [6, 6.07) is 12.0. The Morgan fingerprint density at radius 2 is 2.06 bits per heavy atom. The van der Waals surface area contributed by atoms with Gasteiger partial charge in [0.25, 0.3) is 11.5 Å².